The molecule has 1 unspecified atom stereocenters. The molecule has 1 aliphatic carbocycles. The third-order valence-electron chi connectivity index (χ3n) is 10.0. The second-order valence-electron chi connectivity index (χ2n) is 15.4. The van der Waals surface area contributed by atoms with Crippen LogP contribution in [0, 0.1) is 28.6 Å². The molecule has 13 heteroatoms. The van der Waals surface area contributed by atoms with Gasteiger partial charge in [0.1, 0.15) is 12.1 Å². The van der Waals surface area contributed by atoms with Crippen molar-refractivity contribution in [1.29, 1.82) is 0 Å². The molecule has 2 aliphatic heterocycles. The van der Waals surface area contributed by atoms with Gasteiger partial charge in [0, 0.05) is 39.8 Å². The molecule has 3 rings (SSSR count). The lowest BCUT2D eigenvalue weighted by atomic mass is 9.85. The van der Waals surface area contributed by atoms with Crippen molar-refractivity contribution in [2.45, 2.75) is 98.8 Å². The van der Waals surface area contributed by atoms with Crippen molar-refractivity contribution >= 4 is 35.6 Å². The zero-order valence-corrected chi connectivity index (χ0v) is 29.8. The summed E-state index contributed by atoms with van der Waals surface area (Å²) >= 11 is 0. The van der Waals surface area contributed by atoms with Crippen LogP contribution in [0.1, 0.15) is 74.7 Å². The SMILES string of the molecule is C=CCNC(=O)C(=O)C(CCC)NC(=O)[C@@H]1[C@@H]2[C@H](CN1C(=O)[C@@H](NC(=O)N[C@H](CN1CCCN(C)C1=O)C(C)C)C(C)(C)C)C2(C)C. The Balaban J connectivity index is 1.79. The number of nitrogens with one attached hydrogen (secondary N) is 4. The molecule has 7 amide bonds. The van der Waals surface area contributed by atoms with Gasteiger partial charge in [-0.25, -0.2) is 9.59 Å². The highest BCUT2D eigenvalue weighted by Gasteiger charge is 2.70. The largest absolute Gasteiger partial charge is 0.346 e. The van der Waals surface area contributed by atoms with Crippen LogP contribution >= 0.6 is 0 Å². The van der Waals surface area contributed by atoms with Crippen LogP contribution in [-0.4, -0.2) is 114 Å². The molecule has 0 aromatic heterocycles. The van der Waals surface area contributed by atoms with Crippen molar-refractivity contribution in [1.82, 2.24) is 36.0 Å². The number of urea groups is 2. The number of carbonyl (C=O) groups excluding carboxylic acids is 6. The Morgan fingerprint density at radius 2 is 1.72 bits per heavy atom. The predicted molar refractivity (Wildman–Crippen MR) is 179 cm³/mol. The van der Waals surface area contributed by atoms with Crippen LogP contribution in [-0.2, 0) is 19.2 Å². The molecule has 264 valence electrons. The van der Waals surface area contributed by atoms with E-state index in [0.717, 1.165) is 6.42 Å². The normalized spacial score (nSPS) is 23.7. The number of amides is 7. The maximum absolute atomic E-state index is 14.3. The highest BCUT2D eigenvalue weighted by Crippen LogP contribution is 2.65. The van der Waals surface area contributed by atoms with Crippen molar-refractivity contribution < 1.29 is 28.8 Å². The zero-order valence-electron chi connectivity index (χ0n) is 29.8. The van der Waals surface area contributed by atoms with E-state index in [0.29, 0.717) is 32.6 Å². The quantitative estimate of drug-likeness (QED) is 0.165. The topological polar surface area (TPSA) is 160 Å². The summed E-state index contributed by atoms with van der Waals surface area (Å²) in [4.78, 5) is 84.8. The molecule has 4 N–H and O–H groups in total. The summed E-state index contributed by atoms with van der Waals surface area (Å²) in [6, 6.07) is -3.81. The number of ketones is 1. The van der Waals surface area contributed by atoms with Crippen molar-refractivity contribution in [2.24, 2.45) is 28.6 Å². The van der Waals surface area contributed by atoms with E-state index in [-0.39, 0.29) is 54.1 Å². The fraction of sp³-hybridized carbons (Fsp3) is 0.765. The Hall–Kier alpha value is -3.64. The van der Waals surface area contributed by atoms with E-state index in [1.807, 2.05) is 41.5 Å². The van der Waals surface area contributed by atoms with E-state index in [2.05, 4.69) is 41.7 Å². The molecule has 2 heterocycles. The standard InChI is InChI=1S/C34H57N7O6/c1-11-14-22(26(42)29(44)35-15-12-2)36-28(43)25-24-21(34(24,8)9)18-41(25)30(45)27(33(5,6)7)38-31(46)37-23(20(3)4)19-40-17-13-16-39(10)32(40)47/h12,20-25,27H,2,11,13-19H2,1,3-10H3,(H,35,44)(H,36,43)(H2,37,38,46)/t21-,22?,23+,24-,25-,27+/m0/s1. The maximum Gasteiger partial charge on any atom is 0.319 e. The molecule has 47 heavy (non-hydrogen) atoms. The molecular formula is C34H57N7O6. The van der Waals surface area contributed by atoms with E-state index in [4.69, 9.17) is 0 Å². The van der Waals surface area contributed by atoms with Crippen LogP contribution in [0.3, 0.4) is 0 Å². The van der Waals surface area contributed by atoms with Crippen LogP contribution in [0.5, 0.6) is 0 Å². The first-order chi connectivity index (χ1) is 21.9. The highest BCUT2D eigenvalue weighted by molar-refractivity contribution is 6.38. The van der Waals surface area contributed by atoms with Gasteiger partial charge < -0.3 is 36.0 Å². The van der Waals surface area contributed by atoms with Crippen molar-refractivity contribution in [3.63, 3.8) is 0 Å². The zero-order chi connectivity index (χ0) is 35.4. The minimum Gasteiger partial charge on any atom is -0.346 e. The molecule has 0 radical (unpaired) electrons. The van der Waals surface area contributed by atoms with Crippen LogP contribution in [0.4, 0.5) is 9.59 Å². The third kappa shape index (κ3) is 8.64. The number of piperidine rings is 1. The molecule has 0 aromatic carbocycles. The second-order valence-corrected chi connectivity index (χ2v) is 15.4. The minimum atomic E-state index is -1.03. The summed E-state index contributed by atoms with van der Waals surface area (Å²) in [7, 11) is 1.76. The van der Waals surface area contributed by atoms with Crippen LogP contribution in [0.25, 0.3) is 0 Å². The molecular weight excluding hydrogens is 602 g/mol. The van der Waals surface area contributed by atoms with Gasteiger partial charge in [-0.2, -0.15) is 0 Å². The van der Waals surface area contributed by atoms with Gasteiger partial charge in [-0.3, -0.25) is 19.2 Å². The fourth-order valence-corrected chi connectivity index (χ4v) is 6.96. The fourth-order valence-electron chi connectivity index (χ4n) is 6.96. The number of hydrogen-bond donors (Lipinski definition) is 4. The molecule has 6 atom stereocenters. The van der Waals surface area contributed by atoms with Gasteiger partial charge >= 0.3 is 12.1 Å². The molecule has 1 saturated carbocycles. The molecule has 3 fully saturated rings. The number of Topliss-reactive ketones (excluding diaryl/α,β-unsaturated/α-hetero) is 1. The molecule has 0 spiro atoms. The molecule has 3 aliphatic rings. The van der Waals surface area contributed by atoms with Crippen molar-refractivity contribution in [3.8, 4) is 0 Å². The first kappa shape index (κ1) is 37.8. The Bertz CT molecular complexity index is 1230. The highest BCUT2D eigenvalue weighted by atomic mass is 16.2. The Kier molecular flexibility index (Phi) is 12.1. The van der Waals surface area contributed by atoms with E-state index >= 15 is 0 Å². The van der Waals surface area contributed by atoms with Crippen LogP contribution in [0.2, 0.25) is 0 Å². The second kappa shape index (κ2) is 15.1. The summed E-state index contributed by atoms with van der Waals surface area (Å²) in [5.74, 6) is -2.43. The summed E-state index contributed by atoms with van der Waals surface area (Å²) in [5, 5.41) is 11.2. The smallest absolute Gasteiger partial charge is 0.319 e. The van der Waals surface area contributed by atoms with Gasteiger partial charge in [0.05, 0.1) is 12.1 Å². The third-order valence-corrected chi connectivity index (χ3v) is 10.0. The van der Waals surface area contributed by atoms with E-state index in [1.54, 1.807) is 21.7 Å². The number of carbonyl (C=O) groups is 6. The first-order valence-corrected chi connectivity index (χ1v) is 17.0. The average molecular weight is 660 g/mol. The van der Waals surface area contributed by atoms with E-state index in [1.165, 1.54) is 6.08 Å². The Morgan fingerprint density at radius 1 is 1.06 bits per heavy atom. The average Bonchev–Trinajstić information content (AvgIpc) is 3.30. The lowest BCUT2D eigenvalue weighted by Gasteiger charge is -2.39. The maximum atomic E-state index is 14.3. The van der Waals surface area contributed by atoms with Crippen molar-refractivity contribution in [3.05, 3.63) is 12.7 Å². The predicted octanol–water partition coefficient (Wildman–Crippen LogP) is 2.12. The molecule has 0 aromatic rings. The summed E-state index contributed by atoms with van der Waals surface area (Å²) < 4.78 is 0. The Morgan fingerprint density at radius 3 is 2.30 bits per heavy atom. The molecule has 2 saturated heterocycles. The lowest BCUT2D eigenvalue weighted by Crippen LogP contribution is -2.62. The van der Waals surface area contributed by atoms with Crippen LogP contribution in [0.15, 0.2) is 12.7 Å². The molecule has 13 nitrogen and oxygen atoms in total. The summed E-state index contributed by atoms with van der Waals surface area (Å²) in [5.41, 5.74) is -0.891. The summed E-state index contributed by atoms with van der Waals surface area (Å²) in [6.45, 7) is 21.1. The number of likely N-dealkylation sites (tertiary alicyclic amines) is 1. The van der Waals surface area contributed by atoms with Gasteiger partial charge in [0.25, 0.3) is 5.91 Å². The summed E-state index contributed by atoms with van der Waals surface area (Å²) in [6.07, 6.45) is 3.14. The van der Waals surface area contributed by atoms with Crippen LogP contribution < -0.4 is 21.3 Å². The van der Waals surface area contributed by atoms with Gasteiger partial charge in [0.2, 0.25) is 17.6 Å². The monoisotopic (exact) mass is 659 g/mol. The molecule has 0 bridgehead atoms. The van der Waals surface area contributed by atoms with E-state index in [9.17, 15) is 28.8 Å². The van der Waals surface area contributed by atoms with Crippen molar-refractivity contribution in [2.75, 3.05) is 39.8 Å². The Labute approximate surface area is 280 Å². The van der Waals surface area contributed by atoms with Gasteiger partial charge in [0.15, 0.2) is 0 Å². The van der Waals surface area contributed by atoms with Gasteiger partial charge in [-0.1, -0.05) is 67.9 Å². The first-order valence-electron chi connectivity index (χ1n) is 17.0. The number of nitrogens with zero attached hydrogens (tertiary/aromatic N) is 3. The minimum absolute atomic E-state index is 0.0169. The van der Waals surface area contributed by atoms with Gasteiger partial charge in [-0.05, 0) is 41.4 Å². The number of fused-ring (bicyclic) bond motifs is 1. The van der Waals surface area contributed by atoms with E-state index < -0.39 is 47.2 Å². The number of rotatable bonds is 14. The lowest BCUT2D eigenvalue weighted by molar-refractivity contribution is -0.145. The number of hydrogen-bond acceptors (Lipinski definition) is 6. The van der Waals surface area contributed by atoms with Gasteiger partial charge in [-0.15, -0.1) is 6.58 Å².